The van der Waals surface area contributed by atoms with E-state index in [4.69, 9.17) is 29.1 Å². The van der Waals surface area contributed by atoms with Crippen molar-refractivity contribution in [2.24, 2.45) is 5.73 Å². The van der Waals surface area contributed by atoms with Gasteiger partial charge in [0.25, 0.3) is 5.89 Å². The second kappa shape index (κ2) is 22.5. The molecule has 17 nitrogen and oxygen atoms in total. The fourth-order valence-electron chi connectivity index (χ4n) is 8.30. The molecule has 0 unspecified atom stereocenters. The molecule has 4 fully saturated rings. The van der Waals surface area contributed by atoms with Crippen molar-refractivity contribution < 1.29 is 46.5 Å². The molecule has 360 valence electrons. The number of halogens is 2. The molecule has 9 rings (SSSR count). The molecule has 4 amide bonds. The first-order valence-electron chi connectivity index (χ1n) is 22.7. The summed E-state index contributed by atoms with van der Waals surface area (Å²) in [4.78, 5) is 51.1. The van der Waals surface area contributed by atoms with Gasteiger partial charge in [-0.25, -0.2) is 9.59 Å². The number of benzene rings is 4. The Bertz CT molecular complexity index is 2420. The van der Waals surface area contributed by atoms with Crippen molar-refractivity contribution >= 4 is 29.2 Å². The van der Waals surface area contributed by atoms with Crippen molar-refractivity contribution in [3.8, 4) is 23.0 Å². The molecule has 1 aromatic heterocycles. The normalized spacial score (nSPS) is 16.9. The second-order valence-corrected chi connectivity index (χ2v) is 16.8. The molecule has 4 aliphatic heterocycles. The van der Waals surface area contributed by atoms with Crippen LogP contribution < -0.4 is 25.0 Å². The minimum Gasteiger partial charge on any atom is -0.497 e. The number of hydrogen-bond acceptors (Lipinski definition) is 13. The van der Waals surface area contributed by atoms with Crippen LogP contribution in [0.2, 0.25) is 0 Å². The van der Waals surface area contributed by atoms with Crippen molar-refractivity contribution in [1.82, 2.24) is 29.8 Å². The number of alkyl halides is 2. The molecule has 19 heteroatoms. The standard InChI is InChI=1S/C25H27F2N5O4.C24H30N4O4/c1-34-21-8-6-19(7-9-21)32(25(33)31-12-10-30(11-13-31)20-15-35-16-20)14-17-2-4-18(5-3-17)23-28-29-24(36-23)22(26)27;1-31-22-8-6-20(7-9-22)28(15-18-2-4-19(5-3-18)23(29)14-25)24(30)27-12-10-26(11-13-27)21-16-32-17-21/h2-9,20,22H,10-16H2,1H3;2-9,21H,10-17,25H2,1H3. The summed E-state index contributed by atoms with van der Waals surface area (Å²) in [5.74, 6) is 0.649. The molecule has 0 saturated carbocycles. The number of urea groups is 2. The average Bonchev–Trinajstić information content (AvgIpc) is 3.86. The van der Waals surface area contributed by atoms with Crippen molar-refractivity contribution in [1.29, 1.82) is 0 Å². The first-order chi connectivity index (χ1) is 33.1. The summed E-state index contributed by atoms with van der Waals surface area (Å²) < 4.78 is 51.7. The van der Waals surface area contributed by atoms with Gasteiger partial charge in [-0.2, -0.15) is 8.78 Å². The fourth-order valence-corrected chi connectivity index (χ4v) is 8.30. The number of anilines is 2. The Kier molecular flexibility index (Phi) is 15.9. The summed E-state index contributed by atoms with van der Waals surface area (Å²) in [5.41, 5.74) is 9.91. The monoisotopic (exact) mass is 937 g/mol. The highest BCUT2D eigenvalue weighted by atomic mass is 19.3. The zero-order valence-electron chi connectivity index (χ0n) is 38.3. The van der Waals surface area contributed by atoms with Gasteiger partial charge in [0.15, 0.2) is 5.78 Å². The van der Waals surface area contributed by atoms with Crippen LogP contribution in [0.4, 0.5) is 29.7 Å². The molecule has 0 radical (unpaired) electrons. The zero-order valence-corrected chi connectivity index (χ0v) is 38.3. The van der Waals surface area contributed by atoms with E-state index in [1.807, 2.05) is 82.6 Å². The number of Topliss-reactive ketones (excluding diaryl/α,β-unsaturated/α-hetero) is 1. The number of nitrogens with two attached hydrogens (primary N) is 1. The van der Waals surface area contributed by atoms with Gasteiger partial charge in [-0.05, 0) is 71.8 Å². The van der Waals surface area contributed by atoms with Gasteiger partial charge in [-0.15, -0.1) is 10.2 Å². The van der Waals surface area contributed by atoms with Crippen LogP contribution in [0.15, 0.2) is 101 Å². The Hall–Kier alpha value is -6.51. The number of amides is 4. The minimum atomic E-state index is -2.82. The molecule has 4 saturated heterocycles. The number of ether oxygens (including phenoxy) is 4. The van der Waals surface area contributed by atoms with Crippen LogP contribution in [0, 0.1) is 0 Å². The number of carbonyl (C=O) groups excluding carboxylic acids is 3. The molecular formula is C49H57F2N9O8. The van der Waals surface area contributed by atoms with Gasteiger partial charge in [0, 0.05) is 74.9 Å². The minimum absolute atomic E-state index is 0.0191. The number of carbonyl (C=O) groups is 3. The largest absolute Gasteiger partial charge is 0.497 e. The zero-order chi connectivity index (χ0) is 47.6. The third kappa shape index (κ3) is 11.6. The van der Waals surface area contributed by atoms with E-state index in [1.165, 1.54) is 0 Å². The molecule has 0 atom stereocenters. The van der Waals surface area contributed by atoms with Gasteiger partial charge in [0.1, 0.15) is 11.5 Å². The van der Waals surface area contributed by atoms with Crippen LogP contribution in [-0.2, 0) is 22.6 Å². The molecule has 2 N–H and O–H groups in total. The average molecular weight is 938 g/mol. The molecule has 0 aliphatic carbocycles. The summed E-state index contributed by atoms with van der Waals surface area (Å²) in [5, 5.41) is 7.06. The first kappa shape index (κ1) is 48.0. The van der Waals surface area contributed by atoms with E-state index in [-0.39, 0.29) is 30.3 Å². The van der Waals surface area contributed by atoms with Crippen LogP contribution in [-0.4, -0.2) is 159 Å². The second-order valence-electron chi connectivity index (χ2n) is 16.8. The topological polar surface area (TPSA) is 173 Å². The number of hydrogen-bond donors (Lipinski definition) is 1. The molecular weight excluding hydrogens is 881 g/mol. The Morgan fingerprint density at radius 1 is 0.632 bits per heavy atom. The maximum absolute atomic E-state index is 13.6. The maximum Gasteiger partial charge on any atom is 0.324 e. The van der Waals surface area contributed by atoms with E-state index in [2.05, 4.69) is 20.0 Å². The molecule has 0 spiro atoms. The SMILES string of the molecule is COc1ccc(N(Cc2ccc(-c3nnc(C(F)F)o3)cc2)C(=O)N2CCN(C3COC3)CC2)cc1.COc1ccc(N(Cc2ccc(C(=O)CN)cc2)C(=O)N2CCN(C3COC3)CC2)cc1. The summed E-state index contributed by atoms with van der Waals surface area (Å²) in [6, 6.07) is 30.0. The molecule has 68 heavy (non-hydrogen) atoms. The van der Waals surface area contributed by atoms with Crippen LogP contribution in [0.3, 0.4) is 0 Å². The lowest BCUT2D eigenvalue weighted by Gasteiger charge is -2.43. The number of rotatable bonds is 14. The highest BCUT2D eigenvalue weighted by Gasteiger charge is 2.34. The van der Waals surface area contributed by atoms with Crippen LogP contribution in [0.5, 0.6) is 11.5 Å². The molecule has 4 aromatic carbocycles. The van der Waals surface area contributed by atoms with Crippen molar-refractivity contribution in [2.45, 2.75) is 31.6 Å². The highest BCUT2D eigenvalue weighted by Crippen LogP contribution is 2.28. The quantitative estimate of drug-likeness (QED) is 0.133. The third-order valence-electron chi connectivity index (χ3n) is 12.6. The van der Waals surface area contributed by atoms with E-state index in [9.17, 15) is 23.2 Å². The Balaban J connectivity index is 0.000000185. The highest BCUT2D eigenvalue weighted by molar-refractivity contribution is 5.97. The predicted octanol–water partition coefficient (Wildman–Crippen LogP) is 5.81. The summed E-state index contributed by atoms with van der Waals surface area (Å²) in [7, 11) is 3.22. The van der Waals surface area contributed by atoms with Gasteiger partial charge in [0.2, 0.25) is 5.89 Å². The molecule has 5 aromatic rings. The van der Waals surface area contributed by atoms with E-state index in [0.717, 1.165) is 80.9 Å². The summed E-state index contributed by atoms with van der Waals surface area (Å²) in [6.07, 6.45) is -2.82. The predicted molar refractivity (Wildman–Crippen MR) is 249 cm³/mol. The third-order valence-corrected chi connectivity index (χ3v) is 12.6. The van der Waals surface area contributed by atoms with Crippen molar-refractivity contribution in [3.05, 3.63) is 120 Å². The molecule has 5 heterocycles. The van der Waals surface area contributed by atoms with Gasteiger partial charge in [0.05, 0.1) is 72.4 Å². The Labute approximate surface area is 393 Å². The lowest BCUT2D eigenvalue weighted by Crippen LogP contribution is -2.59. The van der Waals surface area contributed by atoms with Gasteiger partial charge >= 0.3 is 18.5 Å². The van der Waals surface area contributed by atoms with Crippen molar-refractivity contribution in [3.63, 3.8) is 0 Å². The summed E-state index contributed by atoms with van der Waals surface area (Å²) in [6.45, 7) is 9.80. The number of ketones is 1. The Morgan fingerprint density at radius 2 is 1.06 bits per heavy atom. The number of aromatic nitrogens is 2. The lowest BCUT2D eigenvalue weighted by molar-refractivity contribution is -0.0738. The van der Waals surface area contributed by atoms with Gasteiger partial charge < -0.3 is 38.9 Å². The molecule has 4 aliphatic rings. The van der Waals surface area contributed by atoms with E-state index >= 15 is 0 Å². The van der Waals surface area contributed by atoms with Gasteiger partial charge in [-0.3, -0.25) is 24.4 Å². The van der Waals surface area contributed by atoms with Crippen LogP contribution >= 0.6 is 0 Å². The first-order valence-corrected chi connectivity index (χ1v) is 22.7. The number of methoxy groups -OCH3 is 2. The lowest BCUT2D eigenvalue weighted by atomic mass is 10.1. The Morgan fingerprint density at radius 3 is 1.41 bits per heavy atom. The van der Waals surface area contributed by atoms with Crippen molar-refractivity contribution in [2.75, 3.05) is 109 Å². The maximum atomic E-state index is 13.6. The molecule has 0 bridgehead atoms. The van der Waals surface area contributed by atoms with Crippen LogP contribution in [0.1, 0.15) is 33.8 Å². The van der Waals surface area contributed by atoms with Crippen LogP contribution in [0.25, 0.3) is 11.5 Å². The van der Waals surface area contributed by atoms with E-state index < -0.39 is 12.3 Å². The van der Waals surface area contributed by atoms with Gasteiger partial charge in [-0.1, -0.05) is 36.4 Å². The number of piperazine rings is 2. The summed E-state index contributed by atoms with van der Waals surface area (Å²) >= 11 is 0. The smallest absolute Gasteiger partial charge is 0.324 e. The fraction of sp³-hybridized carbons (Fsp3) is 0.408. The number of nitrogens with zero attached hydrogens (tertiary/aromatic N) is 8. The van der Waals surface area contributed by atoms with E-state index in [1.54, 1.807) is 48.3 Å². The van der Waals surface area contributed by atoms with E-state index in [0.29, 0.717) is 68.2 Å².